The highest BCUT2D eigenvalue weighted by molar-refractivity contribution is 5.97. The van der Waals surface area contributed by atoms with E-state index < -0.39 is 0 Å². The van der Waals surface area contributed by atoms with Crippen LogP contribution in [0.1, 0.15) is 48.8 Å². The fraction of sp³-hybridized carbons (Fsp3) is 0.429. The number of fused-ring (bicyclic) bond motifs is 2. The third kappa shape index (κ3) is 3.83. The molecule has 3 aromatic rings. The van der Waals surface area contributed by atoms with Crippen LogP contribution in [0.2, 0.25) is 0 Å². The lowest BCUT2D eigenvalue weighted by atomic mass is 10.1. The minimum Gasteiger partial charge on any atom is -0.348 e. The molecule has 0 fully saturated rings. The third-order valence-electron chi connectivity index (χ3n) is 5.23. The van der Waals surface area contributed by atoms with Gasteiger partial charge in [-0.1, -0.05) is 12.8 Å². The van der Waals surface area contributed by atoms with Crippen LogP contribution in [0.25, 0.3) is 10.9 Å². The number of carbonyl (C=O) groups excluding carboxylic acids is 1. The lowest BCUT2D eigenvalue weighted by Gasteiger charge is -2.17. The maximum atomic E-state index is 12.9. The molecule has 1 aromatic carbocycles. The van der Waals surface area contributed by atoms with Crippen LogP contribution in [0.5, 0.6) is 0 Å². The summed E-state index contributed by atoms with van der Waals surface area (Å²) in [6, 6.07) is 6.94. The summed E-state index contributed by atoms with van der Waals surface area (Å²) in [5.74, 6) is 0.664. The molecule has 28 heavy (non-hydrogen) atoms. The van der Waals surface area contributed by atoms with Gasteiger partial charge < -0.3 is 5.32 Å². The highest BCUT2D eigenvalue weighted by atomic mass is 16.1. The molecule has 0 saturated carbocycles. The van der Waals surface area contributed by atoms with Crippen LogP contribution in [0, 0.1) is 0 Å². The van der Waals surface area contributed by atoms with E-state index in [0.717, 1.165) is 38.1 Å². The Morgan fingerprint density at radius 2 is 2.11 bits per heavy atom. The van der Waals surface area contributed by atoms with Crippen molar-refractivity contribution >= 4 is 16.8 Å². The topological polar surface area (TPSA) is 81.8 Å². The number of rotatable bonds is 4. The Hall–Kier alpha value is -2.96. The van der Waals surface area contributed by atoms with Crippen molar-refractivity contribution in [2.24, 2.45) is 0 Å². The zero-order valence-corrected chi connectivity index (χ0v) is 16.1. The molecule has 3 heterocycles. The first-order valence-electron chi connectivity index (χ1n) is 9.93. The molecule has 0 aliphatic carbocycles. The van der Waals surface area contributed by atoms with Gasteiger partial charge in [0, 0.05) is 37.0 Å². The van der Waals surface area contributed by atoms with Crippen LogP contribution in [0.4, 0.5) is 0 Å². The number of aromatic nitrogens is 4. The molecule has 0 radical (unpaired) electrons. The number of nitrogens with zero attached hydrogens (tertiary/aromatic N) is 4. The van der Waals surface area contributed by atoms with E-state index in [1.54, 1.807) is 29.1 Å². The molecular weight excluding hydrogens is 354 g/mol. The first-order valence-corrected chi connectivity index (χ1v) is 9.93. The summed E-state index contributed by atoms with van der Waals surface area (Å²) in [6.07, 6.45) is 8.77. The molecule has 0 spiro atoms. The summed E-state index contributed by atoms with van der Waals surface area (Å²) in [6.45, 7) is 3.26. The number of amides is 1. The molecule has 146 valence electrons. The van der Waals surface area contributed by atoms with E-state index in [4.69, 9.17) is 4.98 Å². The monoisotopic (exact) mass is 379 g/mol. The molecule has 1 aliphatic heterocycles. The molecule has 1 atom stereocenters. The van der Waals surface area contributed by atoms with Gasteiger partial charge in [0.2, 0.25) is 0 Å². The first-order chi connectivity index (χ1) is 13.6. The van der Waals surface area contributed by atoms with E-state index in [9.17, 15) is 9.59 Å². The van der Waals surface area contributed by atoms with Crippen molar-refractivity contribution in [2.45, 2.75) is 58.2 Å². The SMILES string of the molecule is C[C@H](Cn1cccn1)NC(=O)c1ccc2c(=O)n3c(nc2c1)CCCCCC3. The molecule has 1 amide bonds. The zero-order valence-electron chi connectivity index (χ0n) is 16.1. The second kappa shape index (κ2) is 7.96. The van der Waals surface area contributed by atoms with Crippen LogP contribution in [0.3, 0.4) is 0 Å². The quantitative estimate of drug-likeness (QED) is 0.755. The highest BCUT2D eigenvalue weighted by Gasteiger charge is 2.16. The summed E-state index contributed by atoms with van der Waals surface area (Å²) >= 11 is 0. The van der Waals surface area contributed by atoms with Gasteiger partial charge in [0.1, 0.15) is 5.82 Å². The van der Waals surface area contributed by atoms with E-state index in [-0.39, 0.29) is 17.5 Å². The van der Waals surface area contributed by atoms with Gasteiger partial charge in [-0.15, -0.1) is 0 Å². The number of hydrogen-bond donors (Lipinski definition) is 1. The Bertz CT molecular complexity index is 1040. The standard InChI is InChI=1S/C21H25N5O2/c1-15(14-25-11-6-10-22-25)23-20(27)16-8-9-17-18(13-16)24-19-7-4-2-3-5-12-26(19)21(17)28/h6,8-11,13,15H,2-5,7,12,14H2,1H3,(H,23,27)/t15-/m1/s1. The number of hydrogen-bond acceptors (Lipinski definition) is 4. The van der Waals surface area contributed by atoms with Crippen molar-refractivity contribution in [1.82, 2.24) is 24.6 Å². The molecule has 1 N–H and O–H groups in total. The predicted molar refractivity (Wildman–Crippen MR) is 107 cm³/mol. The van der Waals surface area contributed by atoms with Crippen molar-refractivity contribution in [3.05, 3.63) is 58.4 Å². The summed E-state index contributed by atoms with van der Waals surface area (Å²) in [7, 11) is 0. The smallest absolute Gasteiger partial charge is 0.261 e. The Morgan fingerprint density at radius 1 is 1.25 bits per heavy atom. The lowest BCUT2D eigenvalue weighted by Crippen LogP contribution is -2.35. The van der Waals surface area contributed by atoms with Gasteiger partial charge in [0.15, 0.2) is 0 Å². The molecule has 2 aromatic heterocycles. The van der Waals surface area contributed by atoms with Crippen LogP contribution in [-0.4, -0.2) is 31.3 Å². The molecule has 0 unspecified atom stereocenters. The van der Waals surface area contributed by atoms with E-state index >= 15 is 0 Å². The maximum absolute atomic E-state index is 12.9. The van der Waals surface area contributed by atoms with Gasteiger partial charge in [0.05, 0.1) is 17.4 Å². The van der Waals surface area contributed by atoms with Crippen LogP contribution in [-0.2, 0) is 19.5 Å². The molecule has 0 bridgehead atoms. The second-order valence-corrected chi connectivity index (χ2v) is 7.48. The van der Waals surface area contributed by atoms with Crippen LogP contribution >= 0.6 is 0 Å². The van der Waals surface area contributed by atoms with Crippen LogP contribution in [0.15, 0.2) is 41.5 Å². The molecule has 1 aliphatic rings. The highest BCUT2D eigenvalue weighted by Crippen LogP contribution is 2.16. The van der Waals surface area contributed by atoms with E-state index in [2.05, 4.69) is 10.4 Å². The van der Waals surface area contributed by atoms with Crippen molar-refractivity contribution in [1.29, 1.82) is 0 Å². The molecule has 0 saturated heterocycles. The normalized spacial score (nSPS) is 15.5. The average Bonchev–Trinajstić information content (AvgIpc) is 3.15. The van der Waals surface area contributed by atoms with Gasteiger partial charge in [-0.25, -0.2) is 4.98 Å². The van der Waals surface area contributed by atoms with Crippen molar-refractivity contribution in [3.8, 4) is 0 Å². The summed E-state index contributed by atoms with van der Waals surface area (Å²) in [4.78, 5) is 30.3. The number of nitrogens with one attached hydrogen (secondary N) is 1. The number of benzene rings is 1. The van der Waals surface area contributed by atoms with Gasteiger partial charge in [-0.3, -0.25) is 18.8 Å². The second-order valence-electron chi connectivity index (χ2n) is 7.48. The molecular formula is C21H25N5O2. The molecule has 7 nitrogen and oxygen atoms in total. The number of aryl methyl sites for hydroxylation is 1. The van der Waals surface area contributed by atoms with Crippen molar-refractivity contribution in [2.75, 3.05) is 0 Å². The Morgan fingerprint density at radius 3 is 2.93 bits per heavy atom. The van der Waals surface area contributed by atoms with E-state index in [1.807, 2.05) is 23.8 Å². The van der Waals surface area contributed by atoms with Gasteiger partial charge in [-0.05, 0) is 44.0 Å². The summed E-state index contributed by atoms with van der Waals surface area (Å²) in [5.41, 5.74) is 1.12. The van der Waals surface area contributed by atoms with Crippen molar-refractivity contribution in [3.63, 3.8) is 0 Å². The molecule has 4 rings (SSSR count). The Labute approximate surface area is 163 Å². The van der Waals surface area contributed by atoms with Crippen LogP contribution < -0.4 is 10.9 Å². The lowest BCUT2D eigenvalue weighted by molar-refractivity contribution is 0.0936. The summed E-state index contributed by atoms with van der Waals surface area (Å²) < 4.78 is 3.60. The van der Waals surface area contributed by atoms with E-state index in [1.165, 1.54) is 6.42 Å². The minimum absolute atomic E-state index is 0.000841. The fourth-order valence-corrected chi connectivity index (χ4v) is 3.78. The number of carbonyl (C=O) groups is 1. The maximum Gasteiger partial charge on any atom is 0.261 e. The van der Waals surface area contributed by atoms with Gasteiger partial charge in [0.25, 0.3) is 11.5 Å². The fourth-order valence-electron chi connectivity index (χ4n) is 3.78. The predicted octanol–water partition coefficient (Wildman–Crippen LogP) is 2.53. The largest absolute Gasteiger partial charge is 0.348 e. The third-order valence-corrected chi connectivity index (χ3v) is 5.23. The van der Waals surface area contributed by atoms with E-state index in [0.29, 0.717) is 23.0 Å². The minimum atomic E-state index is -0.171. The molecule has 7 heteroatoms. The first kappa shape index (κ1) is 18.4. The summed E-state index contributed by atoms with van der Waals surface area (Å²) in [5, 5.41) is 7.72. The Kier molecular flexibility index (Phi) is 5.23. The Balaban J connectivity index is 1.59. The van der Waals surface area contributed by atoms with Gasteiger partial charge in [-0.2, -0.15) is 5.10 Å². The zero-order chi connectivity index (χ0) is 19.5. The van der Waals surface area contributed by atoms with Gasteiger partial charge >= 0.3 is 0 Å². The van der Waals surface area contributed by atoms with Crippen molar-refractivity contribution < 1.29 is 4.79 Å². The average molecular weight is 379 g/mol.